The van der Waals surface area contributed by atoms with Crippen LogP contribution in [0.3, 0.4) is 0 Å². The van der Waals surface area contributed by atoms with Crippen LogP contribution in [0.5, 0.6) is 0 Å². The molecule has 0 amide bonds. The predicted molar refractivity (Wildman–Crippen MR) is 68.7 cm³/mol. The highest BCUT2D eigenvalue weighted by molar-refractivity contribution is 5.53. The van der Waals surface area contributed by atoms with Gasteiger partial charge < -0.3 is 4.90 Å². The van der Waals surface area contributed by atoms with Gasteiger partial charge in [-0.05, 0) is 44.0 Å². The molecule has 0 aromatic heterocycles. The smallest absolute Gasteiger partial charge is 0.158 e. The molecule has 0 aliphatic rings. The van der Waals surface area contributed by atoms with Gasteiger partial charge in [-0.25, -0.2) is 0 Å². The van der Waals surface area contributed by atoms with E-state index in [1.807, 2.05) is 37.3 Å². The fraction of sp³-hybridized carbons (Fsp3) is 0.429. The van der Waals surface area contributed by atoms with Gasteiger partial charge in [0.05, 0.1) is 12.1 Å². The summed E-state index contributed by atoms with van der Waals surface area (Å²) in [5.74, 6) is -0.666. The lowest BCUT2D eigenvalue weighted by atomic mass is 9.96. The Morgan fingerprint density at radius 2 is 1.76 bits per heavy atom. The number of hydrogen-bond donors (Lipinski definition) is 0. The average Bonchev–Trinajstić information content (AvgIpc) is 2.34. The summed E-state index contributed by atoms with van der Waals surface area (Å²) in [6.45, 7) is 8.08. The Hall–Kier alpha value is -2.00. The molecule has 0 spiro atoms. The minimum absolute atomic E-state index is 0.666. The van der Waals surface area contributed by atoms with Crippen molar-refractivity contribution in [2.45, 2.75) is 26.7 Å². The Bertz CT molecular complexity index is 447. The molecule has 0 radical (unpaired) electrons. The molecule has 0 unspecified atom stereocenters. The maximum absolute atomic E-state index is 8.89. The lowest BCUT2D eigenvalue weighted by Crippen LogP contribution is -2.21. The van der Waals surface area contributed by atoms with Crippen LogP contribution in [0, 0.1) is 29.6 Å². The monoisotopic (exact) mass is 227 g/mol. The van der Waals surface area contributed by atoms with E-state index >= 15 is 0 Å². The highest BCUT2D eigenvalue weighted by Crippen LogP contribution is 2.24. The summed E-state index contributed by atoms with van der Waals surface area (Å²) in [6, 6.07) is 9.94. The van der Waals surface area contributed by atoms with Gasteiger partial charge in [0, 0.05) is 18.8 Å². The third kappa shape index (κ3) is 2.77. The second-order valence-electron chi connectivity index (χ2n) is 3.90. The number of nitrogens with zero attached hydrogens (tertiary/aromatic N) is 3. The lowest BCUT2D eigenvalue weighted by Gasteiger charge is -2.22. The van der Waals surface area contributed by atoms with E-state index in [1.165, 1.54) is 0 Å². The van der Waals surface area contributed by atoms with Crippen molar-refractivity contribution in [1.29, 1.82) is 10.5 Å². The van der Waals surface area contributed by atoms with Crippen LogP contribution >= 0.6 is 0 Å². The Morgan fingerprint density at radius 3 is 2.18 bits per heavy atom. The molecule has 0 N–H and O–H groups in total. The molecule has 0 aliphatic carbocycles. The van der Waals surface area contributed by atoms with Crippen molar-refractivity contribution in [1.82, 2.24) is 0 Å². The third-order valence-corrected chi connectivity index (χ3v) is 2.95. The van der Waals surface area contributed by atoms with E-state index in [0.717, 1.165) is 29.9 Å². The van der Waals surface area contributed by atoms with Crippen LogP contribution in [-0.2, 0) is 0 Å². The summed E-state index contributed by atoms with van der Waals surface area (Å²) >= 11 is 0. The van der Waals surface area contributed by atoms with E-state index in [1.54, 1.807) is 0 Å². The predicted octanol–water partition coefficient (Wildman–Crippen LogP) is 2.97. The summed E-state index contributed by atoms with van der Waals surface area (Å²) < 4.78 is 0. The normalized spacial score (nSPS) is 9.76. The third-order valence-electron chi connectivity index (χ3n) is 2.95. The van der Waals surface area contributed by atoms with Crippen LogP contribution in [0.2, 0.25) is 0 Å². The summed E-state index contributed by atoms with van der Waals surface area (Å²) in [5, 5.41) is 17.8. The van der Waals surface area contributed by atoms with Crippen molar-refractivity contribution >= 4 is 5.69 Å². The van der Waals surface area contributed by atoms with Crippen LogP contribution in [0.1, 0.15) is 30.9 Å². The zero-order chi connectivity index (χ0) is 12.8. The summed E-state index contributed by atoms with van der Waals surface area (Å²) in [5.41, 5.74) is 2.96. The molecule has 1 rings (SSSR count). The van der Waals surface area contributed by atoms with Crippen molar-refractivity contribution in [3.8, 4) is 12.1 Å². The molecule has 1 aromatic rings. The fourth-order valence-electron chi connectivity index (χ4n) is 1.94. The number of rotatable bonds is 4. The van der Waals surface area contributed by atoms with Gasteiger partial charge in [-0.15, -0.1) is 0 Å². The summed E-state index contributed by atoms with van der Waals surface area (Å²) in [4.78, 5) is 2.24. The average molecular weight is 227 g/mol. The minimum Gasteiger partial charge on any atom is -0.372 e. The van der Waals surface area contributed by atoms with Gasteiger partial charge in [0.25, 0.3) is 0 Å². The Balaban J connectivity index is 3.11. The highest BCUT2D eigenvalue weighted by Gasteiger charge is 2.13. The first-order valence-electron chi connectivity index (χ1n) is 5.82. The van der Waals surface area contributed by atoms with Crippen molar-refractivity contribution in [2.24, 2.45) is 0 Å². The van der Waals surface area contributed by atoms with E-state index in [9.17, 15) is 0 Å². The molecule has 1 aromatic carbocycles. The van der Waals surface area contributed by atoms with E-state index < -0.39 is 5.92 Å². The first kappa shape index (κ1) is 13.1. The van der Waals surface area contributed by atoms with Crippen LogP contribution in [0.25, 0.3) is 0 Å². The van der Waals surface area contributed by atoms with Gasteiger partial charge in [0.15, 0.2) is 5.92 Å². The van der Waals surface area contributed by atoms with Gasteiger partial charge in [-0.1, -0.05) is 6.07 Å². The molecule has 0 heterocycles. The van der Waals surface area contributed by atoms with E-state index in [2.05, 4.69) is 18.7 Å². The highest BCUT2D eigenvalue weighted by atomic mass is 15.1. The topological polar surface area (TPSA) is 50.8 Å². The molecule has 0 aliphatic heterocycles. The molecule has 3 heteroatoms. The van der Waals surface area contributed by atoms with Gasteiger partial charge in [0.2, 0.25) is 0 Å². The number of benzene rings is 1. The SMILES string of the molecule is CCN(CC)c1ccc(C(C#N)C#N)c(C)c1. The van der Waals surface area contributed by atoms with Crippen molar-refractivity contribution in [2.75, 3.05) is 18.0 Å². The second kappa shape index (κ2) is 5.92. The van der Waals surface area contributed by atoms with Crippen LogP contribution in [0.15, 0.2) is 18.2 Å². The molecule has 3 nitrogen and oxygen atoms in total. The van der Waals surface area contributed by atoms with Gasteiger partial charge >= 0.3 is 0 Å². The van der Waals surface area contributed by atoms with Crippen LogP contribution in [0.4, 0.5) is 5.69 Å². The van der Waals surface area contributed by atoms with Crippen molar-refractivity contribution in [3.05, 3.63) is 29.3 Å². The molecule has 88 valence electrons. The zero-order valence-corrected chi connectivity index (χ0v) is 10.6. The molecule has 0 saturated carbocycles. The fourth-order valence-corrected chi connectivity index (χ4v) is 1.94. The van der Waals surface area contributed by atoms with E-state index in [4.69, 9.17) is 10.5 Å². The maximum atomic E-state index is 8.89. The standard InChI is InChI=1S/C14H17N3/c1-4-17(5-2)13-6-7-14(11(3)8-13)12(9-15)10-16/h6-8,12H,4-5H2,1-3H3. The first-order valence-corrected chi connectivity index (χ1v) is 5.82. The van der Waals surface area contributed by atoms with Crippen LogP contribution < -0.4 is 4.90 Å². The quantitative estimate of drug-likeness (QED) is 0.794. The minimum atomic E-state index is -0.666. The molecule has 0 atom stereocenters. The number of anilines is 1. The van der Waals surface area contributed by atoms with Crippen molar-refractivity contribution < 1.29 is 0 Å². The molecular weight excluding hydrogens is 210 g/mol. The maximum Gasteiger partial charge on any atom is 0.158 e. The van der Waals surface area contributed by atoms with Crippen molar-refractivity contribution in [3.63, 3.8) is 0 Å². The lowest BCUT2D eigenvalue weighted by molar-refractivity contribution is 0.864. The number of nitriles is 2. The Morgan fingerprint density at radius 1 is 1.18 bits per heavy atom. The molecular formula is C14H17N3. The summed E-state index contributed by atoms with van der Waals surface area (Å²) in [6.07, 6.45) is 0. The first-order chi connectivity index (χ1) is 8.17. The summed E-state index contributed by atoms with van der Waals surface area (Å²) in [7, 11) is 0. The van der Waals surface area contributed by atoms with Crippen LogP contribution in [-0.4, -0.2) is 13.1 Å². The number of hydrogen-bond acceptors (Lipinski definition) is 3. The molecule has 0 fully saturated rings. The van der Waals surface area contributed by atoms with E-state index in [-0.39, 0.29) is 0 Å². The van der Waals surface area contributed by atoms with Gasteiger partial charge in [0.1, 0.15) is 0 Å². The molecule has 17 heavy (non-hydrogen) atoms. The zero-order valence-electron chi connectivity index (χ0n) is 10.6. The molecule has 0 saturated heterocycles. The van der Waals surface area contributed by atoms with Gasteiger partial charge in [-0.3, -0.25) is 0 Å². The van der Waals surface area contributed by atoms with Gasteiger partial charge in [-0.2, -0.15) is 10.5 Å². The molecule has 0 bridgehead atoms. The Labute approximate surface area is 103 Å². The van der Waals surface area contributed by atoms with E-state index in [0.29, 0.717) is 0 Å². The Kier molecular flexibility index (Phi) is 4.55. The largest absolute Gasteiger partial charge is 0.372 e. The second-order valence-corrected chi connectivity index (χ2v) is 3.90. The number of aryl methyl sites for hydroxylation is 1.